The van der Waals surface area contributed by atoms with Crippen molar-refractivity contribution in [1.82, 2.24) is 0 Å². The van der Waals surface area contributed by atoms with Crippen LogP contribution in [0.4, 0.5) is 0 Å². The summed E-state index contributed by atoms with van der Waals surface area (Å²) in [6, 6.07) is 0. The molecule has 0 fully saturated rings. The van der Waals surface area contributed by atoms with E-state index < -0.39 is 0 Å². The lowest BCUT2D eigenvalue weighted by atomic mass is 10.6. The predicted molar refractivity (Wildman–Crippen MR) is 36.1 cm³/mol. The number of carbonyl (C=O) groups is 1. The summed E-state index contributed by atoms with van der Waals surface area (Å²) < 4.78 is 0.847. The topological polar surface area (TPSA) is 17.1 Å². The van der Waals surface area contributed by atoms with Gasteiger partial charge < -0.3 is 0 Å². The SMILES string of the molecule is O=C([S])CCI. The molecule has 0 unspecified atom stereocenters. The van der Waals surface area contributed by atoms with Gasteiger partial charge in [-0.25, -0.2) is 0 Å². The van der Waals surface area contributed by atoms with Crippen LogP contribution in [0.1, 0.15) is 6.42 Å². The highest BCUT2D eigenvalue weighted by molar-refractivity contribution is 14.1. The molecule has 0 bridgehead atoms. The van der Waals surface area contributed by atoms with Crippen molar-refractivity contribution in [3.8, 4) is 0 Å². The maximum absolute atomic E-state index is 9.85. The number of alkyl halides is 1. The van der Waals surface area contributed by atoms with Gasteiger partial charge in [-0.1, -0.05) is 22.6 Å². The van der Waals surface area contributed by atoms with Crippen molar-refractivity contribution in [3.63, 3.8) is 0 Å². The fourth-order valence-electron chi connectivity index (χ4n) is 0.0772. The second kappa shape index (κ2) is 3.80. The molecule has 0 aliphatic carbocycles. The van der Waals surface area contributed by atoms with E-state index in [9.17, 15) is 4.79 Å². The number of hydrogen-bond acceptors (Lipinski definition) is 1. The first-order valence-electron chi connectivity index (χ1n) is 1.53. The minimum atomic E-state index is -0.135. The fourth-order valence-corrected chi connectivity index (χ4v) is 1.04. The summed E-state index contributed by atoms with van der Waals surface area (Å²) >= 11 is 6.35. The van der Waals surface area contributed by atoms with Gasteiger partial charge in [-0.15, -0.1) is 0 Å². The molecule has 0 aliphatic heterocycles. The zero-order valence-corrected chi connectivity index (χ0v) is 6.08. The van der Waals surface area contributed by atoms with Gasteiger partial charge >= 0.3 is 0 Å². The monoisotopic (exact) mass is 215 g/mol. The third kappa shape index (κ3) is 4.62. The molecular formula is C3H4IOS. The summed E-state index contributed by atoms with van der Waals surface area (Å²) in [7, 11) is 0. The van der Waals surface area contributed by atoms with Crippen LogP contribution in [0.5, 0.6) is 0 Å². The van der Waals surface area contributed by atoms with Crippen molar-refractivity contribution in [1.29, 1.82) is 0 Å². The first-order chi connectivity index (χ1) is 2.77. The minimum absolute atomic E-state index is 0.135. The highest BCUT2D eigenvalue weighted by Gasteiger charge is 1.88. The van der Waals surface area contributed by atoms with E-state index in [4.69, 9.17) is 0 Å². The van der Waals surface area contributed by atoms with E-state index in [1.165, 1.54) is 0 Å². The van der Waals surface area contributed by atoms with E-state index in [1.807, 2.05) is 0 Å². The van der Waals surface area contributed by atoms with Gasteiger partial charge in [-0.05, 0) is 12.6 Å². The predicted octanol–water partition coefficient (Wildman–Crippen LogP) is 1.54. The second-order valence-corrected chi connectivity index (χ2v) is 2.35. The molecule has 0 spiro atoms. The Morgan fingerprint density at radius 1 is 1.83 bits per heavy atom. The van der Waals surface area contributed by atoms with Crippen LogP contribution in [0, 0.1) is 0 Å². The molecule has 3 heteroatoms. The highest BCUT2D eigenvalue weighted by atomic mass is 127. The Kier molecular flexibility index (Phi) is 4.19. The normalized spacial score (nSPS) is 8.17. The standard InChI is InChI=1S/C3H4IOS/c4-2-1-3(5)6/h1-2H2. The number of hydrogen-bond donors (Lipinski definition) is 0. The van der Waals surface area contributed by atoms with E-state index in [1.54, 1.807) is 0 Å². The summed E-state index contributed by atoms with van der Waals surface area (Å²) in [5.41, 5.74) is 0. The molecule has 6 heavy (non-hydrogen) atoms. The minimum Gasteiger partial charge on any atom is -0.282 e. The molecule has 0 aromatic carbocycles. The maximum Gasteiger partial charge on any atom is 0.219 e. The fraction of sp³-hybridized carbons (Fsp3) is 0.667. The van der Waals surface area contributed by atoms with E-state index >= 15 is 0 Å². The molecule has 0 amide bonds. The molecule has 0 atom stereocenters. The zero-order valence-electron chi connectivity index (χ0n) is 3.11. The quantitative estimate of drug-likeness (QED) is 0.504. The molecule has 0 aromatic rings. The van der Waals surface area contributed by atoms with Crippen LogP contribution in [0.2, 0.25) is 0 Å². The largest absolute Gasteiger partial charge is 0.282 e. The first-order valence-corrected chi connectivity index (χ1v) is 3.46. The molecule has 1 nitrogen and oxygen atoms in total. The van der Waals surface area contributed by atoms with Crippen LogP contribution >= 0.6 is 35.2 Å². The summed E-state index contributed by atoms with van der Waals surface area (Å²) in [5.74, 6) is 0. The van der Waals surface area contributed by atoms with Gasteiger partial charge in [0.2, 0.25) is 5.12 Å². The molecule has 0 aliphatic rings. The Labute approximate surface area is 56.0 Å². The summed E-state index contributed by atoms with van der Waals surface area (Å²) in [5, 5.41) is -0.135. The molecule has 0 rings (SSSR count). The van der Waals surface area contributed by atoms with Crippen molar-refractivity contribution >= 4 is 40.3 Å². The smallest absolute Gasteiger partial charge is 0.219 e. The van der Waals surface area contributed by atoms with Crippen LogP contribution in [-0.2, 0) is 4.79 Å². The molecule has 0 N–H and O–H groups in total. The third-order valence-corrected chi connectivity index (χ3v) is 1.04. The van der Waals surface area contributed by atoms with Crippen LogP contribution in [0.3, 0.4) is 0 Å². The average molecular weight is 215 g/mol. The van der Waals surface area contributed by atoms with Gasteiger partial charge in [0.1, 0.15) is 0 Å². The lowest BCUT2D eigenvalue weighted by Crippen LogP contribution is -1.83. The number of halogens is 1. The first kappa shape index (κ1) is 6.62. The molecule has 1 radical (unpaired) electrons. The Morgan fingerprint density at radius 2 is 2.33 bits per heavy atom. The van der Waals surface area contributed by atoms with Gasteiger partial charge in [0, 0.05) is 10.8 Å². The maximum atomic E-state index is 9.85. The zero-order chi connectivity index (χ0) is 4.99. The molecule has 0 saturated carbocycles. The van der Waals surface area contributed by atoms with Crippen LogP contribution in [-0.4, -0.2) is 9.54 Å². The van der Waals surface area contributed by atoms with E-state index in [0.717, 1.165) is 4.43 Å². The average Bonchev–Trinajstić information content (AvgIpc) is 1.35. The van der Waals surface area contributed by atoms with Crippen molar-refractivity contribution in [2.75, 3.05) is 4.43 Å². The van der Waals surface area contributed by atoms with Gasteiger partial charge in [0.25, 0.3) is 0 Å². The van der Waals surface area contributed by atoms with Gasteiger partial charge in [-0.2, -0.15) is 0 Å². The van der Waals surface area contributed by atoms with E-state index in [-0.39, 0.29) is 5.12 Å². The van der Waals surface area contributed by atoms with Crippen molar-refractivity contribution in [3.05, 3.63) is 0 Å². The van der Waals surface area contributed by atoms with Crippen LogP contribution in [0.25, 0.3) is 0 Å². The lowest BCUT2D eigenvalue weighted by molar-refractivity contribution is -0.110. The molecule has 35 valence electrons. The Bertz CT molecular complexity index is 54.8. The van der Waals surface area contributed by atoms with Crippen molar-refractivity contribution in [2.45, 2.75) is 6.42 Å². The van der Waals surface area contributed by atoms with E-state index in [2.05, 4.69) is 35.2 Å². The van der Waals surface area contributed by atoms with Crippen LogP contribution < -0.4 is 0 Å². The van der Waals surface area contributed by atoms with Crippen LogP contribution in [0.15, 0.2) is 0 Å². The summed E-state index contributed by atoms with van der Waals surface area (Å²) in [4.78, 5) is 9.85. The Balaban J connectivity index is 2.83. The van der Waals surface area contributed by atoms with Crippen molar-refractivity contribution < 1.29 is 4.79 Å². The second-order valence-electron chi connectivity index (χ2n) is 0.811. The number of rotatable bonds is 2. The lowest BCUT2D eigenvalue weighted by Gasteiger charge is -1.76. The van der Waals surface area contributed by atoms with Gasteiger partial charge in [0.15, 0.2) is 0 Å². The van der Waals surface area contributed by atoms with Crippen molar-refractivity contribution in [2.24, 2.45) is 0 Å². The third-order valence-electron chi connectivity index (χ3n) is 0.299. The molecular weight excluding hydrogens is 211 g/mol. The summed E-state index contributed by atoms with van der Waals surface area (Å²) in [6.07, 6.45) is 0.538. The summed E-state index contributed by atoms with van der Waals surface area (Å²) in [6.45, 7) is 0. The molecule has 0 heterocycles. The number of carbonyl (C=O) groups excluding carboxylic acids is 1. The van der Waals surface area contributed by atoms with Gasteiger partial charge in [-0.3, -0.25) is 4.79 Å². The Hall–Kier alpha value is 0.620. The van der Waals surface area contributed by atoms with Gasteiger partial charge in [0.05, 0.1) is 0 Å². The molecule has 0 saturated heterocycles. The Morgan fingerprint density at radius 3 is 2.33 bits per heavy atom. The van der Waals surface area contributed by atoms with E-state index in [0.29, 0.717) is 6.42 Å². The molecule has 0 aromatic heterocycles. The highest BCUT2D eigenvalue weighted by Crippen LogP contribution is 1.91.